The Morgan fingerprint density at radius 1 is 1.60 bits per heavy atom. The molecule has 0 unspecified atom stereocenters. The SMILES string of the molecule is CC[C@H](NC(=O)N(C)Cc1ncon1)c1ccnn1C. The van der Waals surface area contributed by atoms with Gasteiger partial charge in [0.2, 0.25) is 6.39 Å². The van der Waals surface area contributed by atoms with Crippen LogP contribution in [-0.2, 0) is 13.6 Å². The first-order valence-corrected chi connectivity index (χ1v) is 6.36. The molecule has 2 heterocycles. The predicted octanol–water partition coefficient (Wildman–Crippen LogP) is 1.10. The molecule has 0 spiro atoms. The molecule has 108 valence electrons. The molecule has 1 atom stereocenters. The number of carbonyl (C=O) groups excluding carboxylic acids is 1. The summed E-state index contributed by atoms with van der Waals surface area (Å²) in [6.45, 7) is 2.31. The van der Waals surface area contributed by atoms with Crippen molar-refractivity contribution in [3.63, 3.8) is 0 Å². The lowest BCUT2D eigenvalue weighted by Crippen LogP contribution is -2.39. The van der Waals surface area contributed by atoms with Gasteiger partial charge in [-0.15, -0.1) is 0 Å². The lowest BCUT2D eigenvalue weighted by Gasteiger charge is -2.22. The van der Waals surface area contributed by atoms with Crippen LogP contribution in [0.25, 0.3) is 0 Å². The number of hydrogen-bond donors (Lipinski definition) is 1. The van der Waals surface area contributed by atoms with Crippen molar-refractivity contribution in [2.75, 3.05) is 7.05 Å². The summed E-state index contributed by atoms with van der Waals surface area (Å²) in [5.41, 5.74) is 0.966. The molecule has 8 nitrogen and oxygen atoms in total. The molecule has 2 aromatic rings. The summed E-state index contributed by atoms with van der Waals surface area (Å²) in [4.78, 5) is 17.5. The van der Waals surface area contributed by atoms with E-state index in [4.69, 9.17) is 0 Å². The van der Waals surface area contributed by atoms with Gasteiger partial charge >= 0.3 is 6.03 Å². The van der Waals surface area contributed by atoms with Crippen LogP contribution in [-0.4, -0.2) is 37.9 Å². The van der Waals surface area contributed by atoms with Crippen LogP contribution in [0, 0.1) is 0 Å². The second-order valence-electron chi connectivity index (χ2n) is 4.49. The van der Waals surface area contributed by atoms with E-state index in [0.717, 1.165) is 12.1 Å². The molecule has 0 aliphatic heterocycles. The normalized spacial score (nSPS) is 12.2. The van der Waals surface area contributed by atoms with Gasteiger partial charge in [0.05, 0.1) is 18.3 Å². The van der Waals surface area contributed by atoms with Crippen molar-refractivity contribution in [1.29, 1.82) is 0 Å². The zero-order valence-electron chi connectivity index (χ0n) is 11.8. The molecule has 0 aromatic carbocycles. The fraction of sp³-hybridized carbons (Fsp3) is 0.500. The lowest BCUT2D eigenvalue weighted by molar-refractivity contribution is 0.200. The van der Waals surface area contributed by atoms with Crippen molar-refractivity contribution in [1.82, 2.24) is 30.1 Å². The number of aryl methyl sites for hydroxylation is 1. The molecule has 2 amide bonds. The van der Waals surface area contributed by atoms with E-state index < -0.39 is 0 Å². The van der Waals surface area contributed by atoms with E-state index in [1.807, 2.05) is 20.0 Å². The van der Waals surface area contributed by atoms with Crippen LogP contribution in [0.15, 0.2) is 23.2 Å². The second-order valence-corrected chi connectivity index (χ2v) is 4.49. The molecule has 0 bridgehead atoms. The monoisotopic (exact) mass is 278 g/mol. The van der Waals surface area contributed by atoms with Gasteiger partial charge in [-0.2, -0.15) is 10.1 Å². The molecule has 2 rings (SSSR count). The van der Waals surface area contributed by atoms with E-state index >= 15 is 0 Å². The maximum Gasteiger partial charge on any atom is 0.318 e. The number of hydrogen-bond acceptors (Lipinski definition) is 5. The number of amides is 2. The number of nitrogens with zero attached hydrogens (tertiary/aromatic N) is 5. The van der Waals surface area contributed by atoms with Gasteiger partial charge in [-0.1, -0.05) is 12.1 Å². The highest BCUT2D eigenvalue weighted by Crippen LogP contribution is 2.15. The minimum Gasteiger partial charge on any atom is -0.343 e. The molecule has 2 aromatic heterocycles. The largest absolute Gasteiger partial charge is 0.343 e. The van der Waals surface area contributed by atoms with Crippen molar-refractivity contribution in [2.45, 2.75) is 25.9 Å². The Labute approximate surface area is 116 Å². The van der Waals surface area contributed by atoms with Crippen LogP contribution in [0.3, 0.4) is 0 Å². The summed E-state index contributed by atoms with van der Waals surface area (Å²) >= 11 is 0. The fourth-order valence-electron chi connectivity index (χ4n) is 1.92. The quantitative estimate of drug-likeness (QED) is 0.884. The summed E-state index contributed by atoms with van der Waals surface area (Å²) in [6.07, 6.45) is 3.74. The number of carbonyl (C=O) groups is 1. The Hall–Kier alpha value is -2.38. The Kier molecular flexibility index (Phi) is 4.34. The molecule has 20 heavy (non-hydrogen) atoms. The molecule has 1 N–H and O–H groups in total. The van der Waals surface area contributed by atoms with Crippen molar-refractivity contribution in [3.8, 4) is 0 Å². The van der Waals surface area contributed by atoms with Gasteiger partial charge in [-0.25, -0.2) is 4.79 Å². The topological polar surface area (TPSA) is 89.1 Å². The zero-order valence-corrected chi connectivity index (χ0v) is 11.8. The molecule has 0 fully saturated rings. The second kappa shape index (κ2) is 6.18. The Balaban J connectivity index is 1.97. The van der Waals surface area contributed by atoms with E-state index in [0.29, 0.717) is 12.4 Å². The third-order valence-corrected chi connectivity index (χ3v) is 3.05. The predicted molar refractivity (Wildman–Crippen MR) is 70.5 cm³/mol. The number of nitrogens with one attached hydrogen (secondary N) is 1. The molecule has 0 aliphatic rings. The highest BCUT2D eigenvalue weighted by molar-refractivity contribution is 5.74. The Morgan fingerprint density at radius 3 is 2.95 bits per heavy atom. The summed E-state index contributed by atoms with van der Waals surface area (Å²) in [5.74, 6) is 0.469. The highest BCUT2D eigenvalue weighted by atomic mass is 16.5. The summed E-state index contributed by atoms with van der Waals surface area (Å²) in [7, 11) is 3.54. The minimum absolute atomic E-state index is 0.0808. The molecule has 0 aliphatic carbocycles. The van der Waals surface area contributed by atoms with E-state index in [9.17, 15) is 4.79 Å². The van der Waals surface area contributed by atoms with Gasteiger partial charge in [-0.05, 0) is 12.5 Å². The summed E-state index contributed by atoms with van der Waals surface area (Å²) in [6, 6.07) is 1.62. The Morgan fingerprint density at radius 2 is 2.40 bits per heavy atom. The summed E-state index contributed by atoms with van der Waals surface area (Å²) in [5, 5.41) is 10.8. The van der Waals surface area contributed by atoms with E-state index in [1.165, 1.54) is 11.3 Å². The van der Waals surface area contributed by atoms with Crippen molar-refractivity contribution < 1.29 is 9.32 Å². The third kappa shape index (κ3) is 3.14. The average Bonchev–Trinajstić information content (AvgIpc) is 3.07. The van der Waals surface area contributed by atoms with Crippen LogP contribution in [0.1, 0.15) is 30.9 Å². The molecule has 0 saturated heterocycles. The smallest absolute Gasteiger partial charge is 0.318 e. The molecule has 0 radical (unpaired) electrons. The first-order valence-electron chi connectivity index (χ1n) is 6.36. The van der Waals surface area contributed by atoms with Crippen LogP contribution >= 0.6 is 0 Å². The molecular weight excluding hydrogens is 260 g/mol. The first-order chi connectivity index (χ1) is 9.61. The van der Waals surface area contributed by atoms with Crippen molar-refractivity contribution >= 4 is 6.03 Å². The highest BCUT2D eigenvalue weighted by Gasteiger charge is 2.18. The molecule has 8 heteroatoms. The first kappa shape index (κ1) is 14.0. The van der Waals surface area contributed by atoms with E-state index in [-0.39, 0.29) is 12.1 Å². The fourth-order valence-corrected chi connectivity index (χ4v) is 1.92. The van der Waals surface area contributed by atoms with Crippen molar-refractivity contribution in [3.05, 3.63) is 30.2 Å². The van der Waals surface area contributed by atoms with Gasteiger partial charge < -0.3 is 14.7 Å². The van der Waals surface area contributed by atoms with Crippen LogP contribution in [0.5, 0.6) is 0 Å². The lowest BCUT2D eigenvalue weighted by atomic mass is 10.1. The number of aromatic nitrogens is 4. The number of rotatable bonds is 5. The standard InChI is InChI=1S/C12H18N6O2/c1-4-9(10-5-6-14-18(10)3)15-12(19)17(2)7-11-13-8-20-16-11/h5-6,8-9H,4,7H2,1-3H3,(H,15,19)/t9-/m0/s1. The van der Waals surface area contributed by atoms with Crippen LogP contribution in [0.4, 0.5) is 4.79 Å². The van der Waals surface area contributed by atoms with Gasteiger partial charge in [0.25, 0.3) is 0 Å². The Bertz CT molecular complexity index is 550. The zero-order chi connectivity index (χ0) is 14.5. The number of urea groups is 1. The average molecular weight is 278 g/mol. The molecular formula is C12H18N6O2. The van der Waals surface area contributed by atoms with Gasteiger partial charge in [-0.3, -0.25) is 4.68 Å². The minimum atomic E-state index is -0.192. The molecule has 0 saturated carbocycles. The van der Waals surface area contributed by atoms with E-state index in [1.54, 1.807) is 17.9 Å². The van der Waals surface area contributed by atoms with Gasteiger partial charge in [0, 0.05) is 20.3 Å². The third-order valence-electron chi connectivity index (χ3n) is 3.05. The maximum atomic E-state index is 12.1. The summed E-state index contributed by atoms with van der Waals surface area (Å²) < 4.78 is 6.40. The maximum absolute atomic E-state index is 12.1. The van der Waals surface area contributed by atoms with Crippen LogP contribution in [0.2, 0.25) is 0 Å². The van der Waals surface area contributed by atoms with Gasteiger partial charge in [0.1, 0.15) is 0 Å². The van der Waals surface area contributed by atoms with Gasteiger partial charge in [0.15, 0.2) is 5.82 Å². The van der Waals surface area contributed by atoms with Crippen LogP contribution < -0.4 is 5.32 Å². The van der Waals surface area contributed by atoms with Crippen molar-refractivity contribution in [2.24, 2.45) is 7.05 Å². The van der Waals surface area contributed by atoms with E-state index in [2.05, 4.69) is 25.1 Å².